The Hall–Kier alpha value is -3.15. The number of aromatic nitrogens is 2. The number of benzene rings is 1. The second-order valence-electron chi connectivity index (χ2n) is 6.63. The van der Waals surface area contributed by atoms with Crippen LogP contribution < -0.4 is 0 Å². The van der Waals surface area contributed by atoms with Gasteiger partial charge in [-0.05, 0) is 60.0 Å². The summed E-state index contributed by atoms with van der Waals surface area (Å²) in [6, 6.07) is 11.5. The molecule has 1 aliphatic rings. The van der Waals surface area contributed by atoms with Gasteiger partial charge in [0.05, 0.1) is 0 Å². The van der Waals surface area contributed by atoms with Gasteiger partial charge in [0.15, 0.2) is 0 Å². The Balaban J connectivity index is 1.45. The number of aromatic amines is 1. The van der Waals surface area contributed by atoms with Gasteiger partial charge in [-0.2, -0.15) is 0 Å². The molecule has 0 spiro atoms. The lowest BCUT2D eigenvalue weighted by Crippen LogP contribution is -2.38. The van der Waals surface area contributed by atoms with Gasteiger partial charge in [0.1, 0.15) is 5.69 Å². The third kappa shape index (κ3) is 3.06. The maximum atomic E-state index is 12.7. The minimum Gasteiger partial charge on any atom is -0.477 e. The Bertz CT molecular complexity index is 971. The topological polar surface area (TPSA) is 86.3 Å². The molecule has 1 aliphatic heterocycles. The van der Waals surface area contributed by atoms with E-state index in [9.17, 15) is 9.59 Å². The second-order valence-corrected chi connectivity index (χ2v) is 6.63. The average molecular weight is 349 g/mol. The SMILES string of the molecule is O=C(O)c1cc(C(=O)N2CCC(c3ccc4[nH]ccc4c3)CC2)ccn1. The minimum atomic E-state index is -1.13. The molecular formula is C20H19N3O3. The number of carbonyl (C=O) groups is 2. The summed E-state index contributed by atoms with van der Waals surface area (Å²) < 4.78 is 0. The third-order valence-corrected chi connectivity index (χ3v) is 5.06. The highest BCUT2D eigenvalue weighted by molar-refractivity contribution is 5.96. The molecule has 2 N–H and O–H groups in total. The zero-order chi connectivity index (χ0) is 18.1. The van der Waals surface area contributed by atoms with Crippen LogP contribution in [0.1, 0.15) is 45.2 Å². The normalized spacial score (nSPS) is 15.3. The van der Waals surface area contributed by atoms with Crippen LogP contribution >= 0.6 is 0 Å². The molecule has 0 atom stereocenters. The van der Waals surface area contributed by atoms with Crippen LogP contribution in [0.2, 0.25) is 0 Å². The molecule has 3 heterocycles. The van der Waals surface area contributed by atoms with E-state index in [0.717, 1.165) is 18.4 Å². The Morgan fingerprint density at radius 3 is 2.69 bits per heavy atom. The number of H-pyrrole nitrogens is 1. The molecule has 26 heavy (non-hydrogen) atoms. The molecule has 6 nitrogen and oxygen atoms in total. The Labute approximate surface area is 150 Å². The number of nitrogens with one attached hydrogen (secondary N) is 1. The molecule has 1 saturated heterocycles. The molecule has 0 saturated carbocycles. The molecule has 1 amide bonds. The predicted molar refractivity (Wildman–Crippen MR) is 97.4 cm³/mol. The van der Waals surface area contributed by atoms with E-state index in [4.69, 9.17) is 5.11 Å². The first-order valence-electron chi connectivity index (χ1n) is 8.67. The van der Waals surface area contributed by atoms with Gasteiger partial charge in [-0.25, -0.2) is 9.78 Å². The van der Waals surface area contributed by atoms with Crippen LogP contribution in [0.5, 0.6) is 0 Å². The zero-order valence-electron chi connectivity index (χ0n) is 14.2. The van der Waals surface area contributed by atoms with E-state index in [1.165, 1.54) is 23.2 Å². The molecule has 1 aromatic carbocycles. The fourth-order valence-corrected chi connectivity index (χ4v) is 3.60. The molecule has 2 aromatic heterocycles. The molecule has 0 bridgehead atoms. The summed E-state index contributed by atoms with van der Waals surface area (Å²) in [5.41, 5.74) is 2.71. The van der Waals surface area contributed by atoms with Gasteiger partial charge in [0, 0.05) is 36.6 Å². The van der Waals surface area contributed by atoms with Crippen LogP contribution in [0.3, 0.4) is 0 Å². The smallest absolute Gasteiger partial charge is 0.354 e. The number of amides is 1. The molecule has 6 heteroatoms. The van der Waals surface area contributed by atoms with Crippen molar-refractivity contribution in [1.29, 1.82) is 0 Å². The van der Waals surface area contributed by atoms with Crippen molar-refractivity contribution in [2.45, 2.75) is 18.8 Å². The van der Waals surface area contributed by atoms with Crippen molar-refractivity contribution in [1.82, 2.24) is 14.9 Å². The number of nitrogens with zero attached hydrogens (tertiary/aromatic N) is 2. The predicted octanol–water partition coefficient (Wildman–Crippen LogP) is 3.28. The van der Waals surface area contributed by atoms with Crippen LogP contribution in [0.4, 0.5) is 0 Å². The highest BCUT2D eigenvalue weighted by Gasteiger charge is 2.25. The number of carbonyl (C=O) groups excluding carboxylic acids is 1. The Morgan fingerprint density at radius 2 is 1.92 bits per heavy atom. The number of piperidine rings is 1. The lowest BCUT2D eigenvalue weighted by atomic mass is 9.88. The number of fused-ring (bicyclic) bond motifs is 1. The van der Waals surface area contributed by atoms with Gasteiger partial charge in [-0.3, -0.25) is 4.79 Å². The van der Waals surface area contributed by atoms with Gasteiger partial charge >= 0.3 is 5.97 Å². The number of hydrogen-bond donors (Lipinski definition) is 2. The van der Waals surface area contributed by atoms with Gasteiger partial charge in [0.2, 0.25) is 0 Å². The molecule has 1 fully saturated rings. The maximum Gasteiger partial charge on any atom is 0.354 e. The molecular weight excluding hydrogens is 330 g/mol. The summed E-state index contributed by atoms with van der Waals surface area (Å²) in [7, 11) is 0. The number of pyridine rings is 1. The number of rotatable bonds is 3. The van der Waals surface area contributed by atoms with Crippen LogP contribution in [0.25, 0.3) is 10.9 Å². The van der Waals surface area contributed by atoms with E-state index < -0.39 is 5.97 Å². The number of carboxylic acid groups (broad SMARTS) is 1. The van der Waals surface area contributed by atoms with Crippen molar-refractivity contribution in [2.75, 3.05) is 13.1 Å². The van der Waals surface area contributed by atoms with Gasteiger partial charge in [-0.15, -0.1) is 0 Å². The quantitative estimate of drug-likeness (QED) is 0.760. The molecule has 0 radical (unpaired) electrons. The van der Waals surface area contributed by atoms with E-state index in [0.29, 0.717) is 24.6 Å². The average Bonchev–Trinajstić information content (AvgIpc) is 3.15. The van der Waals surface area contributed by atoms with Crippen molar-refractivity contribution < 1.29 is 14.7 Å². The highest BCUT2D eigenvalue weighted by Crippen LogP contribution is 2.30. The van der Waals surface area contributed by atoms with E-state index in [1.807, 2.05) is 6.20 Å². The van der Waals surface area contributed by atoms with Gasteiger partial charge in [0.25, 0.3) is 5.91 Å². The van der Waals surface area contributed by atoms with Crippen LogP contribution in [-0.4, -0.2) is 44.9 Å². The van der Waals surface area contributed by atoms with Crippen molar-refractivity contribution >= 4 is 22.8 Å². The van der Waals surface area contributed by atoms with Crippen molar-refractivity contribution in [3.05, 3.63) is 65.6 Å². The fourth-order valence-electron chi connectivity index (χ4n) is 3.60. The zero-order valence-corrected chi connectivity index (χ0v) is 14.2. The van der Waals surface area contributed by atoms with E-state index >= 15 is 0 Å². The maximum absolute atomic E-state index is 12.7. The highest BCUT2D eigenvalue weighted by atomic mass is 16.4. The largest absolute Gasteiger partial charge is 0.477 e. The van der Waals surface area contributed by atoms with E-state index in [1.54, 1.807) is 11.0 Å². The molecule has 3 aromatic rings. The summed E-state index contributed by atoms with van der Waals surface area (Å²) in [4.78, 5) is 32.5. The number of likely N-dealkylation sites (tertiary alicyclic amines) is 1. The summed E-state index contributed by atoms with van der Waals surface area (Å²) in [6.07, 6.45) is 5.11. The van der Waals surface area contributed by atoms with Crippen LogP contribution in [-0.2, 0) is 0 Å². The summed E-state index contributed by atoms with van der Waals surface area (Å²) in [5, 5.41) is 10.2. The molecule has 4 rings (SSSR count). The third-order valence-electron chi connectivity index (χ3n) is 5.06. The number of hydrogen-bond acceptors (Lipinski definition) is 3. The van der Waals surface area contributed by atoms with Crippen molar-refractivity contribution in [2.24, 2.45) is 0 Å². The lowest BCUT2D eigenvalue weighted by Gasteiger charge is -2.32. The van der Waals surface area contributed by atoms with Crippen LogP contribution in [0, 0.1) is 0 Å². The van der Waals surface area contributed by atoms with Crippen LogP contribution in [0.15, 0.2) is 48.8 Å². The first-order valence-corrected chi connectivity index (χ1v) is 8.67. The lowest BCUT2D eigenvalue weighted by molar-refractivity contribution is 0.0690. The summed E-state index contributed by atoms with van der Waals surface area (Å²) in [6.45, 7) is 1.33. The first-order chi connectivity index (χ1) is 12.6. The van der Waals surface area contributed by atoms with Crippen molar-refractivity contribution in [3.63, 3.8) is 0 Å². The summed E-state index contributed by atoms with van der Waals surface area (Å²) >= 11 is 0. The Kier molecular flexibility index (Phi) is 4.16. The fraction of sp³-hybridized carbons (Fsp3) is 0.250. The van der Waals surface area contributed by atoms with Gasteiger partial charge in [-0.1, -0.05) is 6.07 Å². The standard InChI is InChI=1S/C20H19N3O3/c24-19(16-4-8-22-18(12-16)20(25)26)23-9-5-13(6-10-23)14-1-2-17-15(11-14)3-7-21-17/h1-4,7-8,11-13,21H,5-6,9-10H2,(H,25,26). The minimum absolute atomic E-state index is 0.106. The van der Waals surface area contributed by atoms with Gasteiger partial charge < -0.3 is 15.0 Å². The number of aromatic carboxylic acids is 1. The van der Waals surface area contributed by atoms with E-state index in [-0.39, 0.29) is 11.6 Å². The molecule has 132 valence electrons. The monoisotopic (exact) mass is 349 g/mol. The van der Waals surface area contributed by atoms with Crippen molar-refractivity contribution in [3.8, 4) is 0 Å². The first kappa shape index (κ1) is 16.3. The molecule has 0 unspecified atom stereocenters. The second kappa shape index (κ2) is 6.63. The summed E-state index contributed by atoms with van der Waals surface area (Å²) in [5.74, 6) is -0.821. The Morgan fingerprint density at radius 1 is 1.12 bits per heavy atom. The van der Waals surface area contributed by atoms with E-state index in [2.05, 4.69) is 34.2 Å². The molecule has 0 aliphatic carbocycles. The number of carboxylic acids is 1.